The number of nitriles is 1. The summed E-state index contributed by atoms with van der Waals surface area (Å²) in [6.45, 7) is 0.0741. The second kappa shape index (κ2) is 5.75. The summed E-state index contributed by atoms with van der Waals surface area (Å²) < 4.78 is 1.38. The molecule has 1 aliphatic rings. The summed E-state index contributed by atoms with van der Waals surface area (Å²) in [5.41, 5.74) is 1.13. The van der Waals surface area contributed by atoms with Crippen molar-refractivity contribution >= 4 is 5.91 Å². The van der Waals surface area contributed by atoms with E-state index in [-0.39, 0.29) is 24.3 Å². The van der Waals surface area contributed by atoms with Gasteiger partial charge in [0.1, 0.15) is 18.9 Å². The van der Waals surface area contributed by atoms with Crippen LogP contribution in [0.3, 0.4) is 0 Å². The van der Waals surface area contributed by atoms with Crippen molar-refractivity contribution in [2.45, 2.75) is 25.4 Å². The quantitative estimate of drug-likeness (QED) is 0.898. The predicted octanol–water partition coefficient (Wildman–Crippen LogP) is 1.42. The SMILES string of the molecule is N#Cc1ncn(CC(=O)NC(c2ccccc2)C2CC2)n1. The van der Waals surface area contributed by atoms with E-state index < -0.39 is 0 Å². The molecule has 6 nitrogen and oxygen atoms in total. The van der Waals surface area contributed by atoms with E-state index >= 15 is 0 Å². The van der Waals surface area contributed by atoms with E-state index in [0.29, 0.717) is 5.92 Å². The van der Waals surface area contributed by atoms with Crippen molar-refractivity contribution in [2.75, 3.05) is 0 Å². The van der Waals surface area contributed by atoms with Gasteiger partial charge in [0.25, 0.3) is 5.82 Å². The summed E-state index contributed by atoms with van der Waals surface area (Å²) in [7, 11) is 0. The van der Waals surface area contributed by atoms with Crippen LogP contribution >= 0.6 is 0 Å². The smallest absolute Gasteiger partial charge is 0.252 e. The van der Waals surface area contributed by atoms with E-state index in [1.165, 1.54) is 11.0 Å². The van der Waals surface area contributed by atoms with Crippen molar-refractivity contribution < 1.29 is 4.79 Å². The molecular formula is C15H15N5O. The van der Waals surface area contributed by atoms with Gasteiger partial charge in [-0.2, -0.15) is 5.26 Å². The van der Waals surface area contributed by atoms with Crippen LogP contribution in [0.25, 0.3) is 0 Å². The predicted molar refractivity (Wildman–Crippen MR) is 74.8 cm³/mol. The number of hydrogen-bond acceptors (Lipinski definition) is 4. The molecule has 3 rings (SSSR count). The summed E-state index contributed by atoms with van der Waals surface area (Å²) in [4.78, 5) is 15.9. The summed E-state index contributed by atoms with van der Waals surface area (Å²) in [5, 5.41) is 15.6. The van der Waals surface area contributed by atoms with Gasteiger partial charge in [-0.05, 0) is 24.3 Å². The number of carbonyl (C=O) groups is 1. The molecule has 1 fully saturated rings. The zero-order valence-corrected chi connectivity index (χ0v) is 11.4. The van der Waals surface area contributed by atoms with Crippen molar-refractivity contribution in [3.05, 3.63) is 48.0 Å². The van der Waals surface area contributed by atoms with Gasteiger partial charge in [0.05, 0.1) is 6.04 Å². The minimum atomic E-state index is -0.120. The molecule has 21 heavy (non-hydrogen) atoms. The normalized spacial score (nSPS) is 15.2. The first kappa shape index (κ1) is 13.3. The fourth-order valence-corrected chi connectivity index (χ4v) is 2.35. The minimum Gasteiger partial charge on any atom is -0.347 e. The molecule has 106 valence electrons. The third-order valence-corrected chi connectivity index (χ3v) is 3.51. The van der Waals surface area contributed by atoms with Gasteiger partial charge in [0.15, 0.2) is 0 Å². The van der Waals surface area contributed by atoms with E-state index in [4.69, 9.17) is 5.26 Å². The van der Waals surface area contributed by atoms with Gasteiger partial charge in [-0.25, -0.2) is 9.67 Å². The summed E-state index contributed by atoms with van der Waals surface area (Å²) in [6.07, 6.45) is 3.68. The second-order valence-electron chi connectivity index (χ2n) is 5.17. The molecule has 0 radical (unpaired) electrons. The van der Waals surface area contributed by atoms with E-state index in [2.05, 4.69) is 15.4 Å². The lowest BCUT2D eigenvalue weighted by Crippen LogP contribution is -2.32. The lowest BCUT2D eigenvalue weighted by molar-refractivity contribution is -0.122. The molecule has 1 N–H and O–H groups in total. The first-order chi connectivity index (χ1) is 10.3. The molecule has 0 aliphatic heterocycles. The maximum Gasteiger partial charge on any atom is 0.252 e. The van der Waals surface area contributed by atoms with Crippen molar-refractivity contribution in [1.82, 2.24) is 20.1 Å². The maximum atomic E-state index is 12.1. The van der Waals surface area contributed by atoms with Gasteiger partial charge in [-0.1, -0.05) is 30.3 Å². The van der Waals surface area contributed by atoms with Gasteiger partial charge in [-0.3, -0.25) is 4.79 Å². The van der Waals surface area contributed by atoms with Crippen molar-refractivity contribution in [3.8, 4) is 6.07 Å². The molecular weight excluding hydrogens is 266 g/mol. The summed E-state index contributed by atoms with van der Waals surface area (Å²) in [5.74, 6) is 0.469. The Bertz CT molecular complexity index is 669. The summed E-state index contributed by atoms with van der Waals surface area (Å²) >= 11 is 0. The third kappa shape index (κ3) is 3.26. The lowest BCUT2D eigenvalue weighted by atomic mass is 10.0. The fourth-order valence-electron chi connectivity index (χ4n) is 2.35. The molecule has 1 aromatic carbocycles. The van der Waals surface area contributed by atoms with Crippen molar-refractivity contribution in [2.24, 2.45) is 5.92 Å². The van der Waals surface area contributed by atoms with E-state index in [9.17, 15) is 4.79 Å². The Morgan fingerprint density at radius 1 is 1.43 bits per heavy atom. The van der Waals surface area contributed by atoms with Crippen LogP contribution in [0.2, 0.25) is 0 Å². The van der Waals surface area contributed by atoms with Gasteiger partial charge in [0, 0.05) is 0 Å². The Hall–Kier alpha value is -2.68. The Morgan fingerprint density at radius 2 is 2.19 bits per heavy atom. The number of rotatable bonds is 5. The van der Waals surface area contributed by atoms with E-state index in [1.807, 2.05) is 36.4 Å². The third-order valence-electron chi connectivity index (χ3n) is 3.51. The van der Waals surface area contributed by atoms with Crippen LogP contribution in [-0.2, 0) is 11.3 Å². The molecule has 1 amide bonds. The molecule has 1 saturated carbocycles. The van der Waals surface area contributed by atoms with Crippen LogP contribution in [0, 0.1) is 17.2 Å². The van der Waals surface area contributed by atoms with Gasteiger partial charge in [0.2, 0.25) is 5.91 Å². The molecule has 0 saturated heterocycles. The number of hydrogen-bond donors (Lipinski definition) is 1. The maximum absolute atomic E-state index is 12.1. The van der Waals surface area contributed by atoms with Crippen LogP contribution in [-0.4, -0.2) is 20.7 Å². The van der Waals surface area contributed by atoms with Gasteiger partial charge in [-0.15, -0.1) is 5.10 Å². The number of nitrogens with zero attached hydrogens (tertiary/aromatic N) is 4. The standard InChI is InChI=1S/C15H15N5O/c16-8-13-17-10-20(19-13)9-14(21)18-15(12-6-7-12)11-4-2-1-3-5-11/h1-5,10,12,15H,6-7,9H2,(H,18,21). The Labute approximate surface area is 122 Å². The highest BCUT2D eigenvalue weighted by atomic mass is 16.2. The highest BCUT2D eigenvalue weighted by Crippen LogP contribution is 2.40. The molecule has 0 bridgehead atoms. The second-order valence-corrected chi connectivity index (χ2v) is 5.17. The molecule has 0 spiro atoms. The Balaban J connectivity index is 1.66. The average Bonchev–Trinajstić information content (AvgIpc) is 3.25. The zero-order valence-electron chi connectivity index (χ0n) is 11.4. The topological polar surface area (TPSA) is 83.6 Å². The Morgan fingerprint density at radius 3 is 2.81 bits per heavy atom. The number of aromatic nitrogens is 3. The van der Waals surface area contributed by atoms with Crippen LogP contribution in [0.5, 0.6) is 0 Å². The van der Waals surface area contributed by atoms with Crippen LogP contribution < -0.4 is 5.32 Å². The molecule has 1 unspecified atom stereocenters. The molecule has 1 aliphatic carbocycles. The first-order valence-electron chi connectivity index (χ1n) is 6.90. The fraction of sp³-hybridized carbons (Fsp3) is 0.333. The van der Waals surface area contributed by atoms with Gasteiger partial charge >= 0.3 is 0 Å². The highest BCUT2D eigenvalue weighted by Gasteiger charge is 2.33. The zero-order chi connectivity index (χ0) is 14.7. The summed E-state index contributed by atoms with van der Waals surface area (Å²) in [6, 6.07) is 11.9. The van der Waals surface area contributed by atoms with Crippen LogP contribution in [0.15, 0.2) is 36.7 Å². The molecule has 2 aromatic rings. The number of nitrogens with one attached hydrogen (secondary N) is 1. The molecule has 1 atom stereocenters. The van der Waals surface area contributed by atoms with Crippen LogP contribution in [0.4, 0.5) is 0 Å². The monoisotopic (exact) mass is 281 g/mol. The van der Waals surface area contributed by atoms with Crippen LogP contribution in [0.1, 0.15) is 30.3 Å². The molecule has 6 heteroatoms. The number of carbonyl (C=O) groups excluding carboxylic acids is 1. The minimum absolute atomic E-state index is 0.0534. The number of amides is 1. The Kier molecular flexibility index (Phi) is 3.65. The van der Waals surface area contributed by atoms with Crippen molar-refractivity contribution in [1.29, 1.82) is 5.26 Å². The van der Waals surface area contributed by atoms with E-state index in [0.717, 1.165) is 18.4 Å². The van der Waals surface area contributed by atoms with E-state index in [1.54, 1.807) is 0 Å². The largest absolute Gasteiger partial charge is 0.347 e. The first-order valence-corrected chi connectivity index (χ1v) is 6.90. The molecule has 1 aromatic heterocycles. The average molecular weight is 281 g/mol. The lowest BCUT2D eigenvalue weighted by Gasteiger charge is -2.18. The van der Waals surface area contributed by atoms with Gasteiger partial charge < -0.3 is 5.32 Å². The molecule has 1 heterocycles. The highest BCUT2D eigenvalue weighted by molar-refractivity contribution is 5.76. The van der Waals surface area contributed by atoms with Crippen molar-refractivity contribution in [3.63, 3.8) is 0 Å². The number of benzene rings is 1.